The molecule has 6 nitrogen and oxygen atoms in total. The molecule has 1 rings (SSSR count). The molecule has 1 aromatic heterocycles. The van der Waals surface area contributed by atoms with Crippen LogP contribution < -0.4 is 5.76 Å². The summed E-state index contributed by atoms with van der Waals surface area (Å²) in [6, 6.07) is 0. The third-order valence-electron chi connectivity index (χ3n) is 2.14. The van der Waals surface area contributed by atoms with Crippen LogP contribution in [0.1, 0.15) is 12.7 Å². The van der Waals surface area contributed by atoms with Crippen LogP contribution in [0, 0.1) is 6.92 Å². The van der Waals surface area contributed by atoms with Gasteiger partial charge in [0.2, 0.25) is 0 Å². The molecule has 0 aliphatic heterocycles. The van der Waals surface area contributed by atoms with Gasteiger partial charge in [-0.2, -0.15) is 0 Å². The van der Waals surface area contributed by atoms with Crippen molar-refractivity contribution in [1.29, 1.82) is 0 Å². The number of nitrogens with zero attached hydrogens (tertiary/aromatic N) is 2. The molecule has 0 fully saturated rings. The van der Waals surface area contributed by atoms with Gasteiger partial charge in [-0.3, -0.25) is 9.09 Å². The second-order valence-corrected chi connectivity index (χ2v) is 3.38. The highest BCUT2D eigenvalue weighted by Crippen LogP contribution is 1.96. The normalized spacial score (nSPS) is 12.1. The van der Waals surface area contributed by atoms with Gasteiger partial charge in [0.15, 0.2) is 5.82 Å². The predicted octanol–water partition coefficient (Wildman–Crippen LogP) is 0.820. The zero-order valence-electron chi connectivity index (χ0n) is 9.97. The number of carbonyl (C=O) groups excluding carboxylic acids is 1. The first kappa shape index (κ1) is 13.0. The van der Waals surface area contributed by atoms with Gasteiger partial charge in [-0.25, -0.2) is 9.59 Å². The highest BCUT2D eigenvalue weighted by atomic mass is 16.5. The zero-order valence-corrected chi connectivity index (χ0v) is 9.97. The molecular formula is C11H14N2O4. The van der Waals surface area contributed by atoms with Gasteiger partial charge in [0, 0.05) is 12.1 Å². The Morgan fingerprint density at radius 2 is 2.29 bits per heavy atom. The van der Waals surface area contributed by atoms with E-state index < -0.39 is 5.76 Å². The molecule has 0 N–H and O–H groups in total. The molecule has 0 saturated heterocycles. The molecule has 6 heteroatoms. The molecule has 0 bridgehead atoms. The van der Waals surface area contributed by atoms with Crippen molar-refractivity contribution in [3.63, 3.8) is 0 Å². The Kier molecular flexibility index (Phi) is 4.45. The lowest BCUT2D eigenvalue weighted by atomic mass is 10.3. The van der Waals surface area contributed by atoms with Crippen molar-refractivity contribution in [2.45, 2.75) is 20.4 Å². The van der Waals surface area contributed by atoms with E-state index in [2.05, 4.69) is 14.4 Å². The summed E-state index contributed by atoms with van der Waals surface area (Å²) in [5.74, 6) is -0.373. The number of hydrogen-bond acceptors (Lipinski definition) is 5. The van der Waals surface area contributed by atoms with Crippen LogP contribution in [-0.4, -0.2) is 22.8 Å². The van der Waals surface area contributed by atoms with E-state index in [0.29, 0.717) is 17.9 Å². The minimum absolute atomic E-state index is 0.346. The van der Waals surface area contributed by atoms with E-state index in [1.54, 1.807) is 32.1 Å². The Labute approximate surface area is 98.2 Å². The monoisotopic (exact) mass is 238 g/mol. The molecular weight excluding hydrogens is 224 g/mol. The number of methoxy groups -OCH3 is 1. The maximum Gasteiger partial charge on any atom is 0.441 e. The van der Waals surface area contributed by atoms with Crippen LogP contribution in [0.5, 0.6) is 0 Å². The van der Waals surface area contributed by atoms with Crippen LogP contribution in [0.15, 0.2) is 33.1 Å². The van der Waals surface area contributed by atoms with Gasteiger partial charge in [0.1, 0.15) is 0 Å². The molecule has 17 heavy (non-hydrogen) atoms. The Bertz CT molecular complexity index is 508. The first-order valence-corrected chi connectivity index (χ1v) is 5.01. The summed E-state index contributed by atoms with van der Waals surface area (Å²) in [6.45, 7) is 3.67. The van der Waals surface area contributed by atoms with E-state index in [1.165, 1.54) is 11.7 Å². The first-order chi connectivity index (χ1) is 8.06. The van der Waals surface area contributed by atoms with E-state index in [0.717, 1.165) is 0 Å². The fraction of sp³-hybridized carbons (Fsp3) is 0.364. The minimum Gasteiger partial charge on any atom is -0.466 e. The van der Waals surface area contributed by atoms with Crippen LogP contribution in [-0.2, 0) is 16.1 Å². The Morgan fingerprint density at radius 1 is 1.59 bits per heavy atom. The number of hydrogen-bond donors (Lipinski definition) is 0. The SMILES string of the molecule is COC(=O)/C(C)=C/C=C/Cn1c(C)noc1=O. The lowest BCUT2D eigenvalue weighted by molar-refractivity contribution is -0.136. The van der Waals surface area contributed by atoms with Gasteiger partial charge in [0.25, 0.3) is 0 Å². The highest BCUT2D eigenvalue weighted by molar-refractivity contribution is 5.87. The van der Waals surface area contributed by atoms with Crippen LogP contribution in [0.2, 0.25) is 0 Å². The Hall–Kier alpha value is -2.11. The predicted molar refractivity (Wildman–Crippen MR) is 60.4 cm³/mol. The molecule has 0 spiro atoms. The second-order valence-electron chi connectivity index (χ2n) is 3.38. The van der Waals surface area contributed by atoms with Gasteiger partial charge >= 0.3 is 11.7 Å². The van der Waals surface area contributed by atoms with Crippen LogP contribution >= 0.6 is 0 Å². The van der Waals surface area contributed by atoms with Crippen molar-refractivity contribution in [2.75, 3.05) is 7.11 Å². The van der Waals surface area contributed by atoms with E-state index in [4.69, 9.17) is 0 Å². The number of aromatic nitrogens is 2. The highest BCUT2D eigenvalue weighted by Gasteiger charge is 2.03. The number of aryl methyl sites for hydroxylation is 1. The summed E-state index contributed by atoms with van der Waals surface area (Å²) in [4.78, 5) is 22.2. The molecule has 0 aromatic carbocycles. The number of ether oxygens (including phenoxy) is 1. The molecule has 0 radical (unpaired) electrons. The van der Waals surface area contributed by atoms with E-state index >= 15 is 0 Å². The average Bonchev–Trinajstić information content (AvgIpc) is 2.64. The fourth-order valence-electron chi connectivity index (χ4n) is 1.15. The Morgan fingerprint density at radius 3 is 2.82 bits per heavy atom. The van der Waals surface area contributed by atoms with Crippen molar-refractivity contribution in [3.8, 4) is 0 Å². The summed E-state index contributed by atoms with van der Waals surface area (Å²) >= 11 is 0. The molecule has 0 atom stereocenters. The number of rotatable bonds is 4. The molecule has 1 heterocycles. The largest absolute Gasteiger partial charge is 0.466 e. The lowest BCUT2D eigenvalue weighted by Crippen LogP contribution is -2.14. The number of allylic oxidation sites excluding steroid dienone is 3. The number of carbonyl (C=O) groups is 1. The van der Waals surface area contributed by atoms with E-state index in [1.807, 2.05) is 0 Å². The summed E-state index contributed by atoms with van der Waals surface area (Å²) < 4.78 is 10.4. The maximum atomic E-state index is 11.1. The zero-order chi connectivity index (χ0) is 12.8. The van der Waals surface area contributed by atoms with Crippen LogP contribution in [0.25, 0.3) is 0 Å². The van der Waals surface area contributed by atoms with Gasteiger partial charge in [-0.05, 0) is 13.8 Å². The standard InChI is InChI=1S/C11H14N2O4/c1-8(10(14)16-3)6-4-5-7-13-9(2)12-17-11(13)15/h4-6H,7H2,1-3H3/b5-4+,8-6+. The van der Waals surface area contributed by atoms with E-state index in [-0.39, 0.29) is 5.97 Å². The minimum atomic E-state index is -0.499. The smallest absolute Gasteiger partial charge is 0.441 e. The Balaban J connectivity index is 2.63. The van der Waals surface area contributed by atoms with Gasteiger partial charge in [0.05, 0.1) is 7.11 Å². The topological polar surface area (TPSA) is 74.3 Å². The molecule has 0 aliphatic rings. The van der Waals surface area contributed by atoms with Crippen molar-refractivity contribution in [3.05, 3.63) is 40.2 Å². The lowest BCUT2D eigenvalue weighted by Gasteiger charge is -1.96. The fourth-order valence-corrected chi connectivity index (χ4v) is 1.15. The molecule has 92 valence electrons. The molecule has 1 aromatic rings. The first-order valence-electron chi connectivity index (χ1n) is 5.01. The van der Waals surface area contributed by atoms with Crippen LogP contribution in [0.3, 0.4) is 0 Å². The molecule has 0 saturated carbocycles. The third kappa shape index (κ3) is 3.44. The molecule has 0 unspecified atom stereocenters. The molecule has 0 aliphatic carbocycles. The summed E-state index contributed by atoms with van der Waals surface area (Å²) in [6.07, 6.45) is 5.00. The van der Waals surface area contributed by atoms with Crippen molar-refractivity contribution < 1.29 is 14.1 Å². The summed E-state index contributed by atoms with van der Waals surface area (Å²) in [7, 11) is 1.32. The number of esters is 1. The van der Waals surface area contributed by atoms with Gasteiger partial charge in [-0.15, -0.1) is 0 Å². The maximum absolute atomic E-state index is 11.1. The van der Waals surface area contributed by atoms with Gasteiger partial charge < -0.3 is 4.74 Å². The van der Waals surface area contributed by atoms with E-state index in [9.17, 15) is 9.59 Å². The summed E-state index contributed by atoms with van der Waals surface area (Å²) in [5, 5.41) is 3.52. The van der Waals surface area contributed by atoms with Crippen molar-refractivity contribution in [2.24, 2.45) is 0 Å². The van der Waals surface area contributed by atoms with Crippen LogP contribution in [0.4, 0.5) is 0 Å². The van der Waals surface area contributed by atoms with Gasteiger partial charge in [-0.1, -0.05) is 23.4 Å². The quantitative estimate of drug-likeness (QED) is 0.441. The third-order valence-corrected chi connectivity index (χ3v) is 2.14. The average molecular weight is 238 g/mol. The van der Waals surface area contributed by atoms with Crippen molar-refractivity contribution >= 4 is 5.97 Å². The second kappa shape index (κ2) is 5.83. The van der Waals surface area contributed by atoms with Crippen molar-refractivity contribution in [1.82, 2.24) is 9.72 Å². The summed E-state index contributed by atoms with van der Waals surface area (Å²) in [5.41, 5.74) is 0.484. The molecule has 0 amide bonds.